The minimum absolute atomic E-state index is 0.0103. The number of nitro benzene ring substituents is 1. The maximum Gasteiger partial charge on any atom is 0.272 e. The Kier molecular flexibility index (Phi) is 5.35. The fraction of sp³-hybridized carbons (Fsp3) is 0.333. The molecule has 1 fully saturated rings. The first-order valence-corrected chi connectivity index (χ1v) is 8.98. The van der Waals surface area contributed by atoms with Crippen LogP contribution >= 0.6 is 23.2 Å². The molecule has 0 radical (unpaired) electrons. The Bertz CT molecular complexity index is 785. The van der Waals surface area contributed by atoms with Crippen LogP contribution in [0.2, 0.25) is 10.0 Å². The van der Waals surface area contributed by atoms with Gasteiger partial charge in [0.1, 0.15) is 0 Å². The maximum absolute atomic E-state index is 11.4. The summed E-state index contributed by atoms with van der Waals surface area (Å²) < 4.78 is 0. The zero-order valence-electron chi connectivity index (χ0n) is 13.9. The molecule has 0 aromatic heterocycles. The molecule has 1 saturated heterocycles. The Labute approximate surface area is 156 Å². The summed E-state index contributed by atoms with van der Waals surface area (Å²) in [6.45, 7) is 1.81. The summed E-state index contributed by atoms with van der Waals surface area (Å²) in [4.78, 5) is 13.3. The lowest BCUT2D eigenvalue weighted by Gasteiger charge is -2.32. The van der Waals surface area contributed by atoms with Gasteiger partial charge < -0.3 is 10.2 Å². The minimum Gasteiger partial charge on any atom is -0.386 e. The van der Waals surface area contributed by atoms with Crippen LogP contribution in [0.4, 0.5) is 17.1 Å². The Morgan fingerprint density at radius 2 is 1.76 bits per heavy atom. The topological polar surface area (TPSA) is 58.4 Å². The molecular formula is C18H19Cl2N3O2. The van der Waals surface area contributed by atoms with Crippen LogP contribution in [0.15, 0.2) is 30.3 Å². The molecule has 2 aromatic rings. The Morgan fingerprint density at radius 1 is 1.12 bits per heavy atom. The number of halogens is 2. The van der Waals surface area contributed by atoms with Crippen LogP contribution in [0.25, 0.3) is 11.1 Å². The van der Waals surface area contributed by atoms with Crippen molar-refractivity contribution in [2.24, 2.45) is 0 Å². The van der Waals surface area contributed by atoms with Crippen molar-refractivity contribution < 1.29 is 4.92 Å². The van der Waals surface area contributed by atoms with Gasteiger partial charge in [0.05, 0.1) is 16.3 Å². The molecule has 2 aromatic carbocycles. The zero-order chi connectivity index (χ0) is 18.0. The van der Waals surface area contributed by atoms with E-state index in [1.54, 1.807) is 37.4 Å². The van der Waals surface area contributed by atoms with Gasteiger partial charge in [-0.25, -0.2) is 0 Å². The van der Waals surface area contributed by atoms with E-state index in [0.29, 0.717) is 26.9 Å². The summed E-state index contributed by atoms with van der Waals surface area (Å²) in [5.74, 6) is 0. The molecular weight excluding hydrogens is 361 g/mol. The quantitative estimate of drug-likeness (QED) is 0.554. The zero-order valence-corrected chi connectivity index (χ0v) is 15.4. The highest BCUT2D eigenvalue weighted by atomic mass is 35.5. The molecule has 0 aliphatic carbocycles. The molecule has 0 atom stereocenters. The van der Waals surface area contributed by atoms with Crippen LogP contribution in [0.5, 0.6) is 0 Å². The molecule has 1 heterocycles. The van der Waals surface area contributed by atoms with E-state index in [-0.39, 0.29) is 5.69 Å². The van der Waals surface area contributed by atoms with Crippen molar-refractivity contribution in [3.05, 3.63) is 50.5 Å². The molecule has 0 spiro atoms. The molecule has 1 aliphatic rings. The molecule has 3 rings (SSSR count). The van der Waals surface area contributed by atoms with Crippen molar-refractivity contribution in [1.29, 1.82) is 0 Å². The molecule has 1 N–H and O–H groups in total. The second kappa shape index (κ2) is 7.50. The Morgan fingerprint density at radius 3 is 2.32 bits per heavy atom. The predicted molar refractivity (Wildman–Crippen MR) is 104 cm³/mol. The van der Waals surface area contributed by atoms with Crippen LogP contribution < -0.4 is 10.2 Å². The number of hydrogen-bond acceptors (Lipinski definition) is 4. The van der Waals surface area contributed by atoms with Crippen molar-refractivity contribution in [2.45, 2.75) is 19.3 Å². The van der Waals surface area contributed by atoms with Gasteiger partial charge in [0.25, 0.3) is 5.69 Å². The van der Waals surface area contributed by atoms with Gasteiger partial charge >= 0.3 is 0 Å². The number of non-ortho nitro benzene ring substituents is 1. The number of nitrogens with zero attached hydrogens (tertiary/aromatic N) is 2. The lowest BCUT2D eigenvalue weighted by molar-refractivity contribution is -0.384. The normalized spacial score (nSPS) is 14.4. The van der Waals surface area contributed by atoms with E-state index in [9.17, 15) is 10.1 Å². The first-order chi connectivity index (χ1) is 12.0. The van der Waals surface area contributed by atoms with E-state index in [4.69, 9.17) is 23.2 Å². The van der Waals surface area contributed by atoms with Crippen LogP contribution in [0, 0.1) is 10.1 Å². The fourth-order valence-electron chi connectivity index (χ4n) is 3.32. The van der Waals surface area contributed by atoms with Crippen molar-refractivity contribution >= 4 is 40.3 Å². The summed E-state index contributed by atoms with van der Waals surface area (Å²) in [6, 6.07) is 8.41. The molecule has 7 heteroatoms. The lowest BCUT2D eigenvalue weighted by Crippen LogP contribution is -2.30. The van der Waals surface area contributed by atoms with E-state index in [1.165, 1.54) is 6.42 Å². The van der Waals surface area contributed by atoms with Crippen molar-refractivity contribution in [3.8, 4) is 11.1 Å². The van der Waals surface area contributed by atoms with E-state index in [0.717, 1.165) is 31.6 Å². The largest absolute Gasteiger partial charge is 0.386 e. The molecule has 0 bridgehead atoms. The standard InChI is InChI=1S/C18H19Cl2N3O2/c1-21-16-11-12(23(24)25)10-13(17-14(19)6-5-7-15(17)20)18(16)22-8-3-2-4-9-22/h5-7,10-11,21H,2-4,8-9H2,1H3. The summed E-state index contributed by atoms with van der Waals surface area (Å²) in [6.07, 6.45) is 3.38. The van der Waals surface area contributed by atoms with Crippen LogP contribution in [0.3, 0.4) is 0 Å². The van der Waals surface area contributed by atoms with E-state index < -0.39 is 4.92 Å². The van der Waals surface area contributed by atoms with Crippen LogP contribution in [0.1, 0.15) is 19.3 Å². The summed E-state index contributed by atoms with van der Waals surface area (Å²) in [5.41, 5.74) is 2.96. The summed E-state index contributed by atoms with van der Waals surface area (Å²) in [7, 11) is 1.77. The van der Waals surface area contributed by atoms with Gasteiger partial charge in [-0.2, -0.15) is 0 Å². The van der Waals surface area contributed by atoms with Crippen molar-refractivity contribution in [1.82, 2.24) is 0 Å². The highest BCUT2D eigenvalue weighted by Crippen LogP contribution is 2.46. The molecule has 5 nitrogen and oxygen atoms in total. The van der Waals surface area contributed by atoms with Gasteiger partial charge in [0.2, 0.25) is 0 Å². The first kappa shape index (κ1) is 17.8. The van der Waals surface area contributed by atoms with Crippen LogP contribution in [-0.2, 0) is 0 Å². The first-order valence-electron chi connectivity index (χ1n) is 8.22. The highest BCUT2D eigenvalue weighted by molar-refractivity contribution is 6.39. The van der Waals surface area contributed by atoms with Gasteiger partial charge in [0, 0.05) is 53.4 Å². The number of benzene rings is 2. The van der Waals surface area contributed by atoms with Gasteiger partial charge in [-0.15, -0.1) is 0 Å². The molecule has 0 unspecified atom stereocenters. The van der Waals surface area contributed by atoms with E-state index in [1.807, 2.05) is 0 Å². The second-order valence-corrected chi connectivity index (χ2v) is 6.86. The highest BCUT2D eigenvalue weighted by Gasteiger charge is 2.25. The van der Waals surface area contributed by atoms with Gasteiger partial charge in [-0.05, 0) is 31.4 Å². The number of anilines is 2. The van der Waals surface area contributed by atoms with E-state index >= 15 is 0 Å². The predicted octanol–water partition coefficient (Wildman–Crippen LogP) is 5.60. The summed E-state index contributed by atoms with van der Waals surface area (Å²) >= 11 is 12.8. The number of rotatable bonds is 4. The molecule has 25 heavy (non-hydrogen) atoms. The maximum atomic E-state index is 11.4. The molecule has 1 aliphatic heterocycles. The molecule has 0 amide bonds. The van der Waals surface area contributed by atoms with Gasteiger partial charge in [-0.3, -0.25) is 10.1 Å². The van der Waals surface area contributed by atoms with Crippen molar-refractivity contribution in [2.75, 3.05) is 30.4 Å². The Balaban J connectivity index is 2.29. The minimum atomic E-state index is -0.394. The number of piperidine rings is 1. The average molecular weight is 380 g/mol. The number of hydrogen-bond donors (Lipinski definition) is 1. The third kappa shape index (κ3) is 3.53. The average Bonchev–Trinajstić information content (AvgIpc) is 2.61. The summed E-state index contributed by atoms with van der Waals surface area (Å²) in [5, 5.41) is 15.5. The number of nitrogens with one attached hydrogen (secondary N) is 1. The van der Waals surface area contributed by atoms with Crippen molar-refractivity contribution in [3.63, 3.8) is 0 Å². The lowest BCUT2D eigenvalue weighted by atomic mass is 9.98. The van der Waals surface area contributed by atoms with Gasteiger partial charge in [0.15, 0.2) is 0 Å². The van der Waals surface area contributed by atoms with E-state index in [2.05, 4.69) is 10.2 Å². The van der Waals surface area contributed by atoms with Crippen LogP contribution in [-0.4, -0.2) is 25.1 Å². The monoisotopic (exact) mass is 379 g/mol. The molecule has 0 saturated carbocycles. The Hall–Kier alpha value is -1.98. The molecule has 132 valence electrons. The fourth-order valence-corrected chi connectivity index (χ4v) is 3.92. The third-order valence-electron chi connectivity index (χ3n) is 4.48. The second-order valence-electron chi connectivity index (χ2n) is 6.04. The smallest absolute Gasteiger partial charge is 0.272 e. The number of nitro groups is 1. The van der Waals surface area contributed by atoms with Gasteiger partial charge in [-0.1, -0.05) is 29.3 Å². The SMILES string of the molecule is CNc1cc([N+](=O)[O-])cc(-c2c(Cl)cccc2Cl)c1N1CCCCC1. The third-order valence-corrected chi connectivity index (χ3v) is 5.11.